The smallest absolute Gasteiger partial charge is 0.253 e. The second kappa shape index (κ2) is 6.79. The van der Waals surface area contributed by atoms with E-state index in [-0.39, 0.29) is 5.91 Å². The summed E-state index contributed by atoms with van der Waals surface area (Å²) in [5, 5.41) is 2.83. The lowest BCUT2D eigenvalue weighted by atomic mass is 10.1. The van der Waals surface area contributed by atoms with E-state index in [0.29, 0.717) is 17.8 Å². The first kappa shape index (κ1) is 14.9. The van der Waals surface area contributed by atoms with Crippen molar-refractivity contribution < 1.29 is 4.79 Å². The molecule has 0 radical (unpaired) electrons. The lowest BCUT2D eigenvalue weighted by Crippen LogP contribution is -2.26. The van der Waals surface area contributed by atoms with Gasteiger partial charge >= 0.3 is 0 Å². The van der Waals surface area contributed by atoms with Gasteiger partial charge in [-0.05, 0) is 30.7 Å². The van der Waals surface area contributed by atoms with Crippen LogP contribution in [0.15, 0.2) is 48.5 Å². The van der Waals surface area contributed by atoms with Crippen molar-refractivity contribution in [2.75, 3.05) is 24.2 Å². The monoisotopic (exact) mass is 283 g/mol. The lowest BCUT2D eigenvalue weighted by molar-refractivity contribution is 0.0956. The molecule has 0 fully saturated rings. The Balaban J connectivity index is 2.28. The summed E-state index contributed by atoms with van der Waals surface area (Å²) in [4.78, 5) is 14.2. The van der Waals surface area contributed by atoms with Crippen LogP contribution >= 0.6 is 0 Å². The molecule has 0 spiro atoms. The van der Waals surface area contributed by atoms with Gasteiger partial charge in [0, 0.05) is 25.8 Å². The Morgan fingerprint density at radius 3 is 2.57 bits per heavy atom. The summed E-state index contributed by atoms with van der Waals surface area (Å²) >= 11 is 0. The zero-order valence-electron chi connectivity index (χ0n) is 12.5. The number of hydrogen-bond donors (Lipinski definition) is 2. The van der Waals surface area contributed by atoms with Gasteiger partial charge in [-0.15, -0.1) is 0 Å². The molecule has 110 valence electrons. The minimum Gasteiger partial charge on any atom is -0.399 e. The van der Waals surface area contributed by atoms with E-state index in [4.69, 9.17) is 5.73 Å². The van der Waals surface area contributed by atoms with Crippen LogP contribution in [-0.4, -0.2) is 19.5 Å². The average Bonchev–Trinajstić information content (AvgIpc) is 2.48. The summed E-state index contributed by atoms with van der Waals surface area (Å²) < 4.78 is 0. The van der Waals surface area contributed by atoms with E-state index >= 15 is 0 Å². The van der Waals surface area contributed by atoms with Crippen LogP contribution in [0, 0.1) is 0 Å². The number of nitrogen functional groups attached to an aromatic ring is 1. The zero-order chi connectivity index (χ0) is 15.2. The first-order chi connectivity index (χ1) is 10.1. The second-order valence-electron chi connectivity index (χ2n) is 4.98. The molecule has 3 N–H and O–H groups in total. The van der Waals surface area contributed by atoms with Gasteiger partial charge < -0.3 is 16.0 Å². The van der Waals surface area contributed by atoms with E-state index in [9.17, 15) is 4.79 Å². The van der Waals surface area contributed by atoms with Gasteiger partial charge in [0.05, 0.1) is 11.3 Å². The summed E-state index contributed by atoms with van der Waals surface area (Å²) in [6.45, 7) is 3.23. The maximum absolute atomic E-state index is 12.2. The van der Waals surface area contributed by atoms with Crippen molar-refractivity contribution in [3.8, 4) is 0 Å². The zero-order valence-corrected chi connectivity index (χ0v) is 12.5. The van der Waals surface area contributed by atoms with Gasteiger partial charge in [-0.1, -0.05) is 30.3 Å². The Bertz CT molecular complexity index is 611. The minimum absolute atomic E-state index is 0.0765. The van der Waals surface area contributed by atoms with Crippen molar-refractivity contribution >= 4 is 17.3 Å². The summed E-state index contributed by atoms with van der Waals surface area (Å²) in [6.07, 6.45) is 0. The van der Waals surface area contributed by atoms with Gasteiger partial charge in [0.25, 0.3) is 5.91 Å². The number of benzene rings is 2. The molecular weight excluding hydrogens is 262 g/mol. The first-order valence-electron chi connectivity index (χ1n) is 7.04. The van der Waals surface area contributed by atoms with Crippen molar-refractivity contribution in [3.63, 3.8) is 0 Å². The van der Waals surface area contributed by atoms with Crippen molar-refractivity contribution in [3.05, 3.63) is 59.7 Å². The number of anilines is 2. The highest BCUT2D eigenvalue weighted by Crippen LogP contribution is 2.24. The highest BCUT2D eigenvalue weighted by Gasteiger charge is 2.14. The average molecular weight is 283 g/mol. The molecule has 0 saturated heterocycles. The van der Waals surface area contributed by atoms with Gasteiger partial charge in [0.15, 0.2) is 0 Å². The molecule has 0 atom stereocenters. The van der Waals surface area contributed by atoms with E-state index in [1.807, 2.05) is 43.1 Å². The molecule has 1 amide bonds. The van der Waals surface area contributed by atoms with Gasteiger partial charge in [0.1, 0.15) is 0 Å². The van der Waals surface area contributed by atoms with Crippen molar-refractivity contribution in [1.82, 2.24) is 5.32 Å². The molecule has 0 aliphatic rings. The quantitative estimate of drug-likeness (QED) is 0.829. The maximum Gasteiger partial charge on any atom is 0.253 e. The van der Waals surface area contributed by atoms with E-state index in [2.05, 4.69) is 17.4 Å². The number of carbonyl (C=O) groups excluding carboxylic acids is 1. The Labute approximate surface area is 125 Å². The van der Waals surface area contributed by atoms with Crippen molar-refractivity contribution in [2.45, 2.75) is 13.5 Å². The van der Waals surface area contributed by atoms with Crippen LogP contribution in [0.2, 0.25) is 0 Å². The van der Waals surface area contributed by atoms with Crippen LogP contribution in [0.25, 0.3) is 0 Å². The molecule has 0 aliphatic carbocycles. The third kappa shape index (κ3) is 3.75. The van der Waals surface area contributed by atoms with Crippen LogP contribution in [0.3, 0.4) is 0 Å². The lowest BCUT2D eigenvalue weighted by Gasteiger charge is -2.22. The molecule has 0 saturated carbocycles. The predicted octanol–water partition coefficient (Wildman–Crippen LogP) is 2.65. The molecule has 4 nitrogen and oxygen atoms in total. The second-order valence-corrected chi connectivity index (χ2v) is 4.98. The van der Waals surface area contributed by atoms with Crippen LogP contribution in [0.5, 0.6) is 0 Å². The van der Waals surface area contributed by atoms with Crippen LogP contribution in [0.4, 0.5) is 11.4 Å². The Kier molecular flexibility index (Phi) is 4.82. The van der Waals surface area contributed by atoms with Crippen LogP contribution < -0.4 is 16.0 Å². The molecule has 4 heteroatoms. The summed E-state index contributed by atoms with van der Waals surface area (Å²) in [7, 11) is 1.96. The molecule has 2 aromatic carbocycles. The molecule has 21 heavy (non-hydrogen) atoms. The largest absolute Gasteiger partial charge is 0.399 e. The highest BCUT2D eigenvalue weighted by atomic mass is 16.1. The number of nitrogens with two attached hydrogens (primary N) is 1. The van der Waals surface area contributed by atoms with Gasteiger partial charge in [-0.3, -0.25) is 4.79 Å². The Hall–Kier alpha value is -2.49. The van der Waals surface area contributed by atoms with E-state index < -0.39 is 0 Å². The number of nitrogens with zero attached hydrogens (tertiary/aromatic N) is 1. The summed E-state index contributed by atoms with van der Waals surface area (Å²) in [5.74, 6) is -0.0765. The van der Waals surface area contributed by atoms with Crippen molar-refractivity contribution in [1.29, 1.82) is 0 Å². The molecular formula is C17H21N3O. The van der Waals surface area contributed by atoms with E-state index in [0.717, 1.165) is 12.2 Å². The molecule has 0 unspecified atom stereocenters. The van der Waals surface area contributed by atoms with Crippen molar-refractivity contribution in [2.24, 2.45) is 0 Å². The number of amides is 1. The molecule has 2 rings (SSSR count). The number of nitrogens with one attached hydrogen (secondary N) is 1. The Morgan fingerprint density at radius 1 is 1.19 bits per heavy atom. The third-order valence-corrected chi connectivity index (χ3v) is 3.28. The van der Waals surface area contributed by atoms with Crippen LogP contribution in [-0.2, 0) is 6.54 Å². The number of carbonyl (C=O) groups is 1. The van der Waals surface area contributed by atoms with E-state index in [1.165, 1.54) is 5.56 Å². The molecule has 2 aromatic rings. The number of rotatable bonds is 5. The number of hydrogen-bond acceptors (Lipinski definition) is 3. The summed E-state index contributed by atoms with van der Waals surface area (Å²) in [6, 6.07) is 15.5. The fourth-order valence-corrected chi connectivity index (χ4v) is 2.25. The topological polar surface area (TPSA) is 58.4 Å². The Morgan fingerprint density at radius 2 is 1.90 bits per heavy atom. The van der Waals surface area contributed by atoms with Gasteiger partial charge in [0.2, 0.25) is 0 Å². The summed E-state index contributed by atoms with van der Waals surface area (Å²) in [5.41, 5.74) is 9.19. The van der Waals surface area contributed by atoms with Gasteiger partial charge in [-0.25, -0.2) is 0 Å². The van der Waals surface area contributed by atoms with E-state index in [1.54, 1.807) is 12.1 Å². The van der Waals surface area contributed by atoms with Crippen LogP contribution in [0.1, 0.15) is 22.8 Å². The first-order valence-corrected chi connectivity index (χ1v) is 7.04. The minimum atomic E-state index is -0.0765. The molecule has 0 bridgehead atoms. The molecule has 0 heterocycles. The third-order valence-electron chi connectivity index (χ3n) is 3.28. The standard InChI is InChI=1S/C17H21N3O/c1-3-19-17(21)15-10-9-14(18)11-16(15)20(2)12-13-7-5-4-6-8-13/h4-11H,3,12,18H2,1-2H3,(H,19,21). The predicted molar refractivity (Wildman–Crippen MR) is 87.4 cm³/mol. The molecule has 0 aromatic heterocycles. The maximum atomic E-state index is 12.2. The molecule has 0 aliphatic heterocycles. The normalized spacial score (nSPS) is 10.2. The highest BCUT2D eigenvalue weighted by molar-refractivity contribution is 6.00. The SMILES string of the molecule is CCNC(=O)c1ccc(N)cc1N(C)Cc1ccccc1. The van der Waals surface area contributed by atoms with Gasteiger partial charge in [-0.2, -0.15) is 0 Å². The fraction of sp³-hybridized carbons (Fsp3) is 0.235. The fourth-order valence-electron chi connectivity index (χ4n) is 2.25.